The molecule has 0 fully saturated rings. The fraction of sp³-hybridized carbons (Fsp3) is 0.111. The summed E-state index contributed by atoms with van der Waals surface area (Å²) in [7, 11) is 0. The summed E-state index contributed by atoms with van der Waals surface area (Å²) >= 11 is 6.20. The third-order valence-corrected chi connectivity index (χ3v) is 4.49. The maximum atomic E-state index is 13.3. The van der Waals surface area contributed by atoms with Gasteiger partial charge in [0.25, 0.3) is 0 Å². The Balaban J connectivity index is 1.84. The molecule has 0 aliphatic carbocycles. The summed E-state index contributed by atoms with van der Waals surface area (Å²) in [6.07, 6.45) is 1.98. The van der Waals surface area contributed by atoms with Crippen molar-refractivity contribution in [1.29, 1.82) is 0 Å². The second-order valence-electron chi connectivity index (χ2n) is 5.67. The van der Waals surface area contributed by atoms with E-state index in [1.165, 1.54) is 12.1 Å². The molecule has 3 aromatic rings. The number of halogens is 2. The number of rotatable bonds is 2. The van der Waals surface area contributed by atoms with Crippen LogP contribution in [0.5, 0.6) is 0 Å². The highest BCUT2D eigenvalue weighted by atomic mass is 35.5. The Morgan fingerprint density at radius 2 is 1.96 bits per heavy atom. The molecule has 2 aromatic carbocycles. The van der Waals surface area contributed by atoms with Crippen molar-refractivity contribution < 1.29 is 9.18 Å². The molecule has 1 amide bonds. The Morgan fingerprint density at radius 3 is 2.71 bits per heavy atom. The van der Waals surface area contributed by atoms with Crippen LogP contribution in [0.15, 0.2) is 54.7 Å². The highest BCUT2D eigenvalue weighted by Gasteiger charge is 2.31. The van der Waals surface area contributed by atoms with Gasteiger partial charge in [-0.1, -0.05) is 35.9 Å². The molecule has 1 atom stereocenters. The van der Waals surface area contributed by atoms with Crippen molar-refractivity contribution in [3.8, 4) is 5.69 Å². The first-order valence-electron chi connectivity index (χ1n) is 7.51. The van der Waals surface area contributed by atoms with Crippen molar-refractivity contribution in [2.45, 2.75) is 12.3 Å². The Hall–Kier alpha value is -2.66. The molecule has 1 aromatic heterocycles. The minimum Gasteiger partial charge on any atom is -0.310 e. The molecule has 0 spiro atoms. The Labute approximate surface area is 142 Å². The van der Waals surface area contributed by atoms with Crippen LogP contribution in [0.25, 0.3) is 5.69 Å². The minimum atomic E-state index is -0.399. The average Bonchev–Trinajstić information content (AvgIpc) is 2.99. The normalized spacial score (nSPS) is 16.6. The van der Waals surface area contributed by atoms with Crippen LogP contribution in [0.4, 0.5) is 10.2 Å². The van der Waals surface area contributed by atoms with Gasteiger partial charge in [-0.3, -0.25) is 4.79 Å². The lowest BCUT2D eigenvalue weighted by molar-refractivity contribution is -0.116. The number of carbonyl (C=O) groups is 1. The summed E-state index contributed by atoms with van der Waals surface area (Å²) in [4.78, 5) is 12.2. The van der Waals surface area contributed by atoms with Gasteiger partial charge in [0, 0.05) is 22.9 Å². The molecule has 1 aliphatic heterocycles. The minimum absolute atomic E-state index is 0.120. The molecule has 1 aliphatic rings. The lowest BCUT2D eigenvalue weighted by Crippen LogP contribution is -2.24. The zero-order chi connectivity index (χ0) is 16.7. The van der Waals surface area contributed by atoms with Crippen molar-refractivity contribution in [2.75, 3.05) is 5.32 Å². The van der Waals surface area contributed by atoms with Crippen molar-refractivity contribution in [3.63, 3.8) is 0 Å². The largest absolute Gasteiger partial charge is 0.310 e. The molecule has 2 heterocycles. The third-order valence-electron chi connectivity index (χ3n) is 4.16. The van der Waals surface area contributed by atoms with Gasteiger partial charge < -0.3 is 5.32 Å². The highest BCUT2D eigenvalue weighted by Crippen LogP contribution is 2.40. The standard InChI is InChI=1S/C18H13ClFN3O/c19-16-8-11(20)6-7-13(16)14-9-17(24)22-18-15(14)10-21-23(18)12-4-2-1-3-5-12/h1-8,10,14H,9H2,(H,22,24)/t14-/m1/s1. The van der Waals surface area contributed by atoms with E-state index >= 15 is 0 Å². The van der Waals surface area contributed by atoms with Gasteiger partial charge in [0.1, 0.15) is 11.6 Å². The molecule has 0 bridgehead atoms. The van der Waals surface area contributed by atoms with Gasteiger partial charge in [0.15, 0.2) is 0 Å². The van der Waals surface area contributed by atoms with Crippen LogP contribution in [-0.4, -0.2) is 15.7 Å². The van der Waals surface area contributed by atoms with Gasteiger partial charge in [0.2, 0.25) is 5.91 Å². The molecular weight excluding hydrogens is 329 g/mol. The molecule has 24 heavy (non-hydrogen) atoms. The zero-order valence-electron chi connectivity index (χ0n) is 12.5. The molecule has 0 unspecified atom stereocenters. The van der Waals surface area contributed by atoms with E-state index in [0.29, 0.717) is 10.8 Å². The van der Waals surface area contributed by atoms with Gasteiger partial charge in [-0.05, 0) is 29.8 Å². The van der Waals surface area contributed by atoms with Crippen molar-refractivity contribution in [1.82, 2.24) is 9.78 Å². The smallest absolute Gasteiger partial charge is 0.226 e. The molecule has 4 nitrogen and oxygen atoms in total. The first kappa shape index (κ1) is 14.9. The summed E-state index contributed by atoms with van der Waals surface area (Å²) < 4.78 is 15.0. The van der Waals surface area contributed by atoms with E-state index in [-0.39, 0.29) is 18.2 Å². The number of hydrogen-bond donors (Lipinski definition) is 1. The lowest BCUT2D eigenvalue weighted by Gasteiger charge is -2.24. The fourth-order valence-corrected chi connectivity index (χ4v) is 3.35. The summed E-state index contributed by atoms with van der Waals surface area (Å²) in [5.41, 5.74) is 2.44. The quantitative estimate of drug-likeness (QED) is 0.761. The number of carbonyl (C=O) groups excluding carboxylic acids is 1. The van der Waals surface area contributed by atoms with Gasteiger partial charge in [-0.2, -0.15) is 5.10 Å². The second kappa shape index (κ2) is 5.76. The average molecular weight is 342 g/mol. The number of nitrogens with zero attached hydrogens (tertiary/aromatic N) is 2. The number of benzene rings is 2. The predicted molar refractivity (Wildman–Crippen MR) is 90.1 cm³/mol. The first-order chi connectivity index (χ1) is 11.6. The fourth-order valence-electron chi connectivity index (χ4n) is 3.05. The molecule has 0 saturated carbocycles. The number of para-hydroxylation sites is 1. The third kappa shape index (κ3) is 2.47. The number of anilines is 1. The molecule has 4 rings (SSSR count). The number of amides is 1. The van der Waals surface area contributed by atoms with Crippen molar-refractivity contribution >= 4 is 23.3 Å². The summed E-state index contributed by atoms with van der Waals surface area (Å²) in [5.74, 6) is -0.142. The molecular formula is C18H13ClFN3O. The van der Waals surface area contributed by atoms with E-state index in [9.17, 15) is 9.18 Å². The molecule has 1 N–H and O–H groups in total. The number of aromatic nitrogens is 2. The number of nitrogens with one attached hydrogen (secondary N) is 1. The highest BCUT2D eigenvalue weighted by molar-refractivity contribution is 6.31. The molecule has 6 heteroatoms. The van der Waals surface area contributed by atoms with E-state index in [4.69, 9.17) is 11.6 Å². The van der Waals surface area contributed by atoms with Crippen LogP contribution < -0.4 is 5.32 Å². The van der Waals surface area contributed by atoms with Crippen molar-refractivity contribution in [2.24, 2.45) is 0 Å². The van der Waals surface area contributed by atoms with Crippen LogP contribution >= 0.6 is 11.6 Å². The van der Waals surface area contributed by atoms with Crippen LogP contribution in [0.3, 0.4) is 0 Å². The summed E-state index contributed by atoms with van der Waals surface area (Å²) in [6, 6.07) is 13.8. The maximum absolute atomic E-state index is 13.3. The monoisotopic (exact) mass is 341 g/mol. The van der Waals surface area contributed by atoms with Gasteiger partial charge in [0.05, 0.1) is 11.9 Å². The Bertz CT molecular complexity index is 923. The van der Waals surface area contributed by atoms with Crippen molar-refractivity contribution in [3.05, 3.63) is 76.7 Å². The van der Waals surface area contributed by atoms with Crippen LogP contribution in [0.2, 0.25) is 5.02 Å². The van der Waals surface area contributed by atoms with E-state index < -0.39 is 5.82 Å². The SMILES string of the molecule is O=C1C[C@H](c2ccc(F)cc2Cl)c2cnn(-c3ccccc3)c2N1. The number of hydrogen-bond acceptors (Lipinski definition) is 2. The van der Waals surface area contributed by atoms with Crippen LogP contribution in [-0.2, 0) is 4.79 Å². The Kier molecular flexibility index (Phi) is 3.58. The Morgan fingerprint density at radius 1 is 1.17 bits per heavy atom. The molecule has 120 valence electrons. The topological polar surface area (TPSA) is 46.9 Å². The molecule has 0 radical (unpaired) electrons. The lowest BCUT2D eigenvalue weighted by atomic mass is 9.87. The van der Waals surface area contributed by atoms with E-state index in [2.05, 4.69) is 10.4 Å². The van der Waals surface area contributed by atoms with E-state index in [1.807, 2.05) is 30.3 Å². The summed E-state index contributed by atoms with van der Waals surface area (Å²) in [6.45, 7) is 0. The second-order valence-corrected chi connectivity index (χ2v) is 6.07. The predicted octanol–water partition coefficient (Wildman–Crippen LogP) is 4.14. The molecule has 0 saturated heterocycles. The van der Waals surface area contributed by atoms with Crippen LogP contribution in [0, 0.1) is 5.82 Å². The van der Waals surface area contributed by atoms with Gasteiger partial charge >= 0.3 is 0 Å². The van der Waals surface area contributed by atoms with E-state index in [1.54, 1.807) is 16.9 Å². The number of fused-ring (bicyclic) bond motifs is 1. The first-order valence-corrected chi connectivity index (χ1v) is 7.89. The summed E-state index contributed by atoms with van der Waals surface area (Å²) in [5, 5.41) is 7.61. The van der Waals surface area contributed by atoms with Crippen LogP contribution in [0.1, 0.15) is 23.5 Å². The maximum Gasteiger partial charge on any atom is 0.226 e. The zero-order valence-corrected chi connectivity index (χ0v) is 13.3. The van der Waals surface area contributed by atoms with Gasteiger partial charge in [-0.15, -0.1) is 0 Å². The van der Waals surface area contributed by atoms with E-state index in [0.717, 1.165) is 16.8 Å². The van der Waals surface area contributed by atoms with Gasteiger partial charge in [-0.25, -0.2) is 9.07 Å².